The minimum Gasteiger partial charge on any atom is -1.00 e. The summed E-state index contributed by atoms with van der Waals surface area (Å²) in [5, 5.41) is 0. The number of rotatable bonds is 0. The molecule has 57 valence electrons. The number of hydrogen-bond acceptors (Lipinski definition) is 0. The molecule has 0 aromatic rings. The van der Waals surface area contributed by atoms with Gasteiger partial charge in [0.15, 0.2) is 0 Å². The summed E-state index contributed by atoms with van der Waals surface area (Å²) in [6.07, 6.45) is 0. The van der Waals surface area contributed by atoms with Crippen LogP contribution in [0.1, 0.15) is 0 Å². The Bertz CT molecular complexity index is 12.9. The van der Waals surface area contributed by atoms with Crippen LogP contribution in [0, 0.1) is 0 Å². The van der Waals surface area contributed by atoms with Gasteiger partial charge in [-0.1, -0.05) is 0 Å². The van der Waals surface area contributed by atoms with E-state index in [0.29, 0.717) is 0 Å². The van der Waals surface area contributed by atoms with Gasteiger partial charge in [0, 0.05) is 0 Å². The van der Waals surface area contributed by atoms with E-state index in [0.717, 1.165) is 0 Å². The van der Waals surface area contributed by atoms with Crippen molar-refractivity contribution in [1.29, 1.82) is 0 Å². The fraction of sp³-hybridized carbons (Fsp3) is 0. The molecular formula is H8Cl3CuNO2. The van der Waals surface area contributed by atoms with Gasteiger partial charge >= 0.3 is 17.1 Å². The Hall–Kier alpha value is 1.27. The van der Waals surface area contributed by atoms with Crippen LogP contribution in [0.25, 0.3) is 0 Å². The fourth-order valence-corrected chi connectivity index (χ4v) is 0. The molecule has 0 rings (SSSR count). The van der Waals surface area contributed by atoms with Crippen molar-refractivity contribution in [2.75, 3.05) is 0 Å². The monoisotopic (exact) mass is 222 g/mol. The van der Waals surface area contributed by atoms with Crippen molar-refractivity contribution in [2.24, 2.45) is 0 Å². The number of halogens is 3. The molecule has 0 unspecified atom stereocenters. The van der Waals surface area contributed by atoms with Gasteiger partial charge in [-0.15, -0.1) is 0 Å². The average molecular weight is 224 g/mol. The van der Waals surface area contributed by atoms with Crippen LogP contribution in [0.15, 0.2) is 0 Å². The third-order valence-electron chi connectivity index (χ3n) is 0. The van der Waals surface area contributed by atoms with Crippen molar-refractivity contribution in [1.82, 2.24) is 6.15 Å². The van der Waals surface area contributed by atoms with E-state index in [1.54, 1.807) is 0 Å². The first-order valence-electron chi connectivity index (χ1n) is 0. The first kappa shape index (κ1) is 271. The van der Waals surface area contributed by atoms with E-state index in [1.807, 2.05) is 0 Å². The van der Waals surface area contributed by atoms with Crippen molar-refractivity contribution in [3.8, 4) is 0 Å². The molecule has 0 bridgehead atoms. The van der Waals surface area contributed by atoms with Crippen molar-refractivity contribution in [3.63, 3.8) is 0 Å². The topological polar surface area (TPSA) is 99.5 Å². The minimum atomic E-state index is 0. The summed E-state index contributed by atoms with van der Waals surface area (Å²) >= 11 is 0. The Labute approximate surface area is 71.5 Å². The van der Waals surface area contributed by atoms with E-state index in [9.17, 15) is 0 Å². The normalized spacial score (nSPS) is 0. The van der Waals surface area contributed by atoms with Crippen LogP contribution in [0.5, 0.6) is 0 Å². The quantitative estimate of drug-likeness (QED) is 0.395. The van der Waals surface area contributed by atoms with Crippen LogP contribution in [0.2, 0.25) is 0 Å². The van der Waals surface area contributed by atoms with Crippen LogP contribution in [-0.2, 0) is 17.1 Å². The summed E-state index contributed by atoms with van der Waals surface area (Å²) in [6, 6.07) is 0. The van der Waals surface area contributed by atoms with Crippen LogP contribution >= 0.6 is 0 Å². The molecule has 7 heteroatoms. The number of hydrogen-bond donors (Lipinski definition) is 1. The summed E-state index contributed by atoms with van der Waals surface area (Å²) in [7, 11) is 0. The number of quaternary nitrogens is 1. The molecule has 0 aromatic carbocycles. The smallest absolute Gasteiger partial charge is 1.00 e. The van der Waals surface area contributed by atoms with Gasteiger partial charge < -0.3 is 54.3 Å². The molecule has 0 saturated heterocycles. The molecule has 0 heterocycles. The van der Waals surface area contributed by atoms with Gasteiger partial charge in [0.05, 0.1) is 0 Å². The van der Waals surface area contributed by atoms with E-state index in [1.165, 1.54) is 0 Å². The van der Waals surface area contributed by atoms with Gasteiger partial charge in [-0.3, -0.25) is 0 Å². The minimum absolute atomic E-state index is 0. The van der Waals surface area contributed by atoms with Crippen LogP contribution in [0.3, 0.4) is 0 Å². The van der Waals surface area contributed by atoms with Crippen LogP contribution in [0.4, 0.5) is 0 Å². The maximum Gasteiger partial charge on any atom is 2.00 e. The van der Waals surface area contributed by atoms with Crippen LogP contribution in [-0.4, -0.2) is 11.0 Å². The summed E-state index contributed by atoms with van der Waals surface area (Å²) in [5.41, 5.74) is 0. The molecule has 0 spiro atoms. The summed E-state index contributed by atoms with van der Waals surface area (Å²) in [6.45, 7) is 0. The third-order valence-corrected chi connectivity index (χ3v) is 0. The average Bonchev–Trinajstić information content (AvgIpc) is 0. The first-order valence-corrected chi connectivity index (χ1v) is 0. The zero-order valence-electron chi connectivity index (χ0n) is 3.44. The van der Waals surface area contributed by atoms with Gasteiger partial charge in [-0.05, 0) is 0 Å². The molecular weight excluding hydrogens is 216 g/mol. The standard InChI is InChI=1S/3ClH.Cu.H3N.2H2O/h3*1H;;1H3;2*1H2/q;;;+2;;;/p-2. The van der Waals surface area contributed by atoms with E-state index in [4.69, 9.17) is 0 Å². The molecule has 1 radical (unpaired) electrons. The zero-order chi connectivity index (χ0) is 0. The molecule has 0 fully saturated rings. The second-order valence-electron chi connectivity index (χ2n) is 0. The maximum absolute atomic E-state index is 0. The van der Waals surface area contributed by atoms with Gasteiger partial charge in [0.25, 0.3) is 0 Å². The summed E-state index contributed by atoms with van der Waals surface area (Å²) < 4.78 is 0. The molecule has 0 saturated carbocycles. The van der Waals surface area contributed by atoms with E-state index in [-0.39, 0.29) is 71.4 Å². The second-order valence-corrected chi connectivity index (χ2v) is 0. The molecule has 0 aromatic heterocycles. The van der Waals surface area contributed by atoms with Gasteiger partial charge in [0.1, 0.15) is 0 Å². The summed E-state index contributed by atoms with van der Waals surface area (Å²) in [5.74, 6) is 0. The van der Waals surface area contributed by atoms with Gasteiger partial charge in [-0.2, -0.15) is 0 Å². The summed E-state index contributed by atoms with van der Waals surface area (Å²) in [4.78, 5) is 0. The van der Waals surface area contributed by atoms with Crippen molar-refractivity contribution in [3.05, 3.63) is 0 Å². The SMILES string of the molecule is O.O.[Cl-].[Cl-].[Cl-].[Cu+2].[NH4+]. The zero-order valence-corrected chi connectivity index (χ0v) is 6.64. The molecule has 0 aliphatic heterocycles. The molecule has 7 heavy (non-hydrogen) atoms. The first-order chi connectivity index (χ1) is 0. The molecule has 0 amide bonds. The Kier molecular flexibility index (Phi) is 6870. The second kappa shape index (κ2) is 177. The maximum atomic E-state index is 0. The van der Waals surface area contributed by atoms with Gasteiger partial charge in [-0.25, -0.2) is 0 Å². The Morgan fingerprint density at radius 1 is 0.571 bits per heavy atom. The Balaban J connectivity index is 0. The fourth-order valence-electron chi connectivity index (χ4n) is 0. The van der Waals surface area contributed by atoms with Crippen molar-refractivity contribution in [2.45, 2.75) is 0 Å². The predicted octanol–water partition coefficient (Wildman–Crippen LogP) is -10.3. The Morgan fingerprint density at radius 3 is 0.571 bits per heavy atom. The molecule has 0 atom stereocenters. The molecule has 3 nitrogen and oxygen atoms in total. The third kappa shape index (κ3) is 125. The molecule has 0 aliphatic rings. The van der Waals surface area contributed by atoms with Gasteiger partial charge in [0.2, 0.25) is 0 Å². The van der Waals surface area contributed by atoms with E-state index >= 15 is 0 Å². The largest absolute Gasteiger partial charge is 2.00 e. The van der Waals surface area contributed by atoms with E-state index < -0.39 is 0 Å². The molecule has 0 aliphatic carbocycles. The predicted molar refractivity (Wildman–Crippen MR) is 13.2 cm³/mol. The van der Waals surface area contributed by atoms with Crippen LogP contribution < -0.4 is 43.4 Å². The Morgan fingerprint density at radius 2 is 0.571 bits per heavy atom. The molecule has 8 N–H and O–H groups in total. The van der Waals surface area contributed by atoms with E-state index in [2.05, 4.69) is 0 Å². The van der Waals surface area contributed by atoms with Crippen molar-refractivity contribution < 1.29 is 65.2 Å². The van der Waals surface area contributed by atoms with Crippen molar-refractivity contribution >= 4 is 0 Å².